The number of amides is 1. The molecule has 0 atom stereocenters. The number of carbonyl (C=O) groups excluding carboxylic acids is 1. The highest BCUT2D eigenvalue weighted by atomic mass is 32.2. The first-order chi connectivity index (χ1) is 18.4. The number of aromatic nitrogens is 1. The Morgan fingerprint density at radius 1 is 1.00 bits per heavy atom. The molecular formula is C28H29N3O5S2. The SMILES string of the molecule is CCOCCn1c(=NC(=O)c2ccc(S(=O)(=O)N3CCc4ccccc43)cc2)sc2cccc(OCC)c21. The lowest BCUT2D eigenvalue weighted by Crippen LogP contribution is -2.29. The summed E-state index contributed by atoms with van der Waals surface area (Å²) in [6.45, 7) is 6.35. The Kier molecular flexibility index (Phi) is 7.64. The van der Waals surface area contributed by atoms with Gasteiger partial charge >= 0.3 is 0 Å². The van der Waals surface area contributed by atoms with Gasteiger partial charge in [0.25, 0.3) is 15.9 Å². The topological polar surface area (TPSA) is 90.2 Å². The molecule has 10 heteroatoms. The fourth-order valence-electron chi connectivity index (χ4n) is 4.57. The summed E-state index contributed by atoms with van der Waals surface area (Å²) in [5.74, 6) is 0.278. The molecule has 2 heterocycles. The number of anilines is 1. The van der Waals surface area contributed by atoms with E-state index < -0.39 is 15.9 Å². The largest absolute Gasteiger partial charge is 0.492 e. The second-order valence-electron chi connectivity index (χ2n) is 8.67. The third-order valence-electron chi connectivity index (χ3n) is 6.36. The Balaban J connectivity index is 1.46. The van der Waals surface area contributed by atoms with Gasteiger partial charge in [-0.05, 0) is 68.3 Å². The predicted octanol–water partition coefficient (Wildman–Crippen LogP) is 4.63. The number of fused-ring (bicyclic) bond motifs is 2. The summed E-state index contributed by atoms with van der Waals surface area (Å²) in [6.07, 6.45) is 0.675. The maximum Gasteiger partial charge on any atom is 0.279 e. The molecule has 3 aromatic carbocycles. The molecule has 198 valence electrons. The van der Waals surface area contributed by atoms with Crippen molar-refractivity contribution in [2.45, 2.75) is 31.7 Å². The summed E-state index contributed by atoms with van der Waals surface area (Å²) in [6, 6.07) is 19.3. The van der Waals surface area contributed by atoms with Crippen LogP contribution < -0.4 is 13.8 Å². The molecule has 0 radical (unpaired) electrons. The standard InChI is InChI=1S/C28H29N3O5S2/c1-3-35-19-18-30-26-24(36-4-2)10-7-11-25(26)37-28(30)29-27(32)21-12-14-22(15-13-21)38(33,34)31-17-16-20-8-5-6-9-23(20)31/h5-15H,3-4,16-19H2,1-2H3. The molecule has 5 rings (SSSR count). The smallest absolute Gasteiger partial charge is 0.279 e. The average molecular weight is 552 g/mol. The molecule has 0 N–H and O–H groups in total. The third kappa shape index (κ3) is 4.99. The maximum absolute atomic E-state index is 13.3. The van der Waals surface area contributed by atoms with Gasteiger partial charge in [-0.3, -0.25) is 9.10 Å². The zero-order valence-electron chi connectivity index (χ0n) is 21.3. The summed E-state index contributed by atoms with van der Waals surface area (Å²) in [7, 11) is -3.74. The number of thiazole rings is 1. The van der Waals surface area contributed by atoms with Crippen LogP contribution in [0.3, 0.4) is 0 Å². The second kappa shape index (κ2) is 11.1. The van der Waals surface area contributed by atoms with Crippen molar-refractivity contribution >= 4 is 43.2 Å². The van der Waals surface area contributed by atoms with Crippen LogP contribution in [0.25, 0.3) is 10.2 Å². The maximum atomic E-state index is 13.3. The Labute approximate surface area is 225 Å². The summed E-state index contributed by atoms with van der Waals surface area (Å²) >= 11 is 1.40. The molecule has 38 heavy (non-hydrogen) atoms. The van der Waals surface area contributed by atoms with Crippen molar-refractivity contribution in [1.29, 1.82) is 0 Å². The lowest BCUT2D eigenvalue weighted by Gasteiger charge is -2.19. The van der Waals surface area contributed by atoms with Crippen LogP contribution in [-0.2, 0) is 27.7 Å². The van der Waals surface area contributed by atoms with Gasteiger partial charge < -0.3 is 14.0 Å². The Morgan fingerprint density at radius 3 is 2.55 bits per heavy atom. The molecule has 0 saturated heterocycles. The van der Waals surface area contributed by atoms with Crippen LogP contribution in [0.15, 0.2) is 76.6 Å². The second-order valence-corrected chi connectivity index (χ2v) is 11.5. The van der Waals surface area contributed by atoms with Crippen molar-refractivity contribution < 1.29 is 22.7 Å². The van der Waals surface area contributed by atoms with E-state index >= 15 is 0 Å². The van der Waals surface area contributed by atoms with E-state index in [1.54, 1.807) is 0 Å². The summed E-state index contributed by atoms with van der Waals surface area (Å²) in [4.78, 5) is 18.3. The van der Waals surface area contributed by atoms with Crippen LogP contribution in [0.5, 0.6) is 5.75 Å². The third-order valence-corrected chi connectivity index (χ3v) is 9.23. The van der Waals surface area contributed by atoms with E-state index in [0.29, 0.717) is 55.4 Å². The van der Waals surface area contributed by atoms with Crippen LogP contribution in [0.1, 0.15) is 29.8 Å². The average Bonchev–Trinajstić information content (AvgIpc) is 3.52. The molecular weight excluding hydrogens is 522 g/mol. The number of hydrogen-bond donors (Lipinski definition) is 0. The van der Waals surface area contributed by atoms with Gasteiger partial charge in [0.05, 0.1) is 28.5 Å². The first-order valence-corrected chi connectivity index (χ1v) is 14.8. The van der Waals surface area contributed by atoms with Crippen LogP contribution in [0.2, 0.25) is 0 Å². The first kappa shape index (κ1) is 26.1. The summed E-state index contributed by atoms with van der Waals surface area (Å²) in [5.41, 5.74) is 2.90. The van der Waals surface area contributed by atoms with Gasteiger partial charge in [-0.25, -0.2) is 8.42 Å². The van der Waals surface area contributed by atoms with Crippen molar-refractivity contribution in [2.75, 3.05) is 30.7 Å². The number of carbonyl (C=O) groups is 1. The van der Waals surface area contributed by atoms with Crippen LogP contribution in [0, 0.1) is 0 Å². The molecule has 4 aromatic rings. The predicted molar refractivity (Wildman–Crippen MR) is 148 cm³/mol. The lowest BCUT2D eigenvalue weighted by molar-refractivity contribution is 0.0996. The van der Waals surface area contributed by atoms with Crippen LogP contribution in [0.4, 0.5) is 5.69 Å². The number of nitrogens with zero attached hydrogens (tertiary/aromatic N) is 3. The van der Waals surface area contributed by atoms with E-state index in [4.69, 9.17) is 9.47 Å². The number of para-hydroxylation sites is 2. The fraction of sp³-hybridized carbons (Fsp3) is 0.286. The van der Waals surface area contributed by atoms with Gasteiger partial charge in [-0.1, -0.05) is 35.6 Å². The van der Waals surface area contributed by atoms with E-state index in [9.17, 15) is 13.2 Å². The number of rotatable bonds is 9. The van der Waals surface area contributed by atoms with Gasteiger partial charge in [-0.15, -0.1) is 0 Å². The highest BCUT2D eigenvalue weighted by Gasteiger charge is 2.30. The minimum Gasteiger partial charge on any atom is -0.492 e. The molecule has 0 unspecified atom stereocenters. The quantitative estimate of drug-likeness (QED) is 0.283. The molecule has 0 spiro atoms. The van der Waals surface area contributed by atoms with Crippen molar-refractivity contribution in [3.05, 3.63) is 82.7 Å². The van der Waals surface area contributed by atoms with Gasteiger partial charge in [-0.2, -0.15) is 4.99 Å². The van der Waals surface area contributed by atoms with Crippen molar-refractivity contribution in [3.63, 3.8) is 0 Å². The first-order valence-electron chi connectivity index (χ1n) is 12.6. The molecule has 1 aromatic heterocycles. The fourth-order valence-corrected chi connectivity index (χ4v) is 7.14. The summed E-state index contributed by atoms with van der Waals surface area (Å²) in [5, 5.41) is 0. The number of hydrogen-bond acceptors (Lipinski definition) is 6. The van der Waals surface area contributed by atoms with Gasteiger partial charge in [0.15, 0.2) is 4.80 Å². The van der Waals surface area contributed by atoms with Crippen molar-refractivity contribution in [3.8, 4) is 5.75 Å². The zero-order chi connectivity index (χ0) is 26.7. The summed E-state index contributed by atoms with van der Waals surface area (Å²) < 4.78 is 42.4. The number of benzene rings is 3. The molecule has 1 aliphatic rings. The Hall–Kier alpha value is -3.47. The molecule has 0 bridgehead atoms. The van der Waals surface area contributed by atoms with Gasteiger partial charge in [0.2, 0.25) is 0 Å². The highest BCUT2D eigenvalue weighted by Crippen LogP contribution is 2.33. The number of ether oxygens (including phenoxy) is 2. The van der Waals surface area contributed by atoms with Crippen LogP contribution in [-0.4, -0.2) is 45.3 Å². The lowest BCUT2D eigenvalue weighted by atomic mass is 10.2. The molecule has 0 aliphatic carbocycles. The van der Waals surface area contributed by atoms with E-state index in [1.165, 1.54) is 39.9 Å². The number of sulfonamides is 1. The molecule has 1 amide bonds. The molecule has 8 nitrogen and oxygen atoms in total. The van der Waals surface area contributed by atoms with E-state index in [-0.39, 0.29) is 4.90 Å². The molecule has 0 fully saturated rings. The zero-order valence-corrected chi connectivity index (χ0v) is 22.9. The Bertz CT molecular complexity index is 1640. The minimum atomic E-state index is -3.74. The normalized spacial score (nSPS) is 13.7. The van der Waals surface area contributed by atoms with E-state index in [2.05, 4.69) is 4.99 Å². The van der Waals surface area contributed by atoms with Gasteiger partial charge in [0, 0.05) is 25.3 Å². The van der Waals surface area contributed by atoms with E-state index in [1.807, 2.05) is 60.9 Å². The minimum absolute atomic E-state index is 0.140. The highest BCUT2D eigenvalue weighted by molar-refractivity contribution is 7.92. The monoisotopic (exact) mass is 551 g/mol. The van der Waals surface area contributed by atoms with Gasteiger partial charge in [0.1, 0.15) is 11.3 Å². The Morgan fingerprint density at radius 2 is 1.79 bits per heavy atom. The van der Waals surface area contributed by atoms with E-state index in [0.717, 1.165) is 21.5 Å². The van der Waals surface area contributed by atoms with Crippen molar-refractivity contribution in [2.24, 2.45) is 4.99 Å². The molecule has 1 aliphatic heterocycles. The van der Waals surface area contributed by atoms with Crippen molar-refractivity contribution in [1.82, 2.24) is 4.57 Å². The van der Waals surface area contributed by atoms with Crippen LogP contribution >= 0.6 is 11.3 Å². The molecule has 0 saturated carbocycles.